The van der Waals surface area contributed by atoms with Gasteiger partial charge in [-0.2, -0.15) is 0 Å². The van der Waals surface area contributed by atoms with Crippen molar-refractivity contribution in [2.75, 3.05) is 14.2 Å². The second kappa shape index (κ2) is 8.95. The molecule has 0 saturated carbocycles. The number of benzene rings is 2. The van der Waals surface area contributed by atoms with E-state index in [0.29, 0.717) is 24.3 Å². The largest absolute Gasteiger partial charge is 0.493 e. The first-order valence-corrected chi connectivity index (χ1v) is 9.00. The van der Waals surface area contributed by atoms with Gasteiger partial charge in [-0.1, -0.05) is 23.7 Å². The van der Waals surface area contributed by atoms with Crippen LogP contribution in [0.3, 0.4) is 0 Å². The fraction of sp³-hybridized carbons (Fsp3) is 0.381. The molecule has 0 spiro atoms. The lowest BCUT2D eigenvalue weighted by Gasteiger charge is -2.19. The van der Waals surface area contributed by atoms with Crippen molar-refractivity contribution in [1.82, 2.24) is 5.32 Å². The normalized spacial score (nSPS) is 11.8. The molecule has 1 amide bonds. The third-order valence-electron chi connectivity index (χ3n) is 4.49. The van der Waals surface area contributed by atoms with Crippen LogP contribution in [0.5, 0.6) is 11.5 Å². The average Bonchev–Trinajstić information content (AvgIpc) is 2.62. The summed E-state index contributed by atoms with van der Waals surface area (Å²) in [6, 6.07) is 9.63. The fourth-order valence-corrected chi connectivity index (χ4v) is 3.11. The van der Waals surface area contributed by atoms with E-state index in [9.17, 15) is 4.79 Å². The number of nitrogens with one attached hydrogen (secondary N) is 1. The number of amides is 1. The van der Waals surface area contributed by atoms with E-state index < -0.39 is 0 Å². The fourth-order valence-electron chi connectivity index (χ4n) is 2.90. The number of methoxy groups -OCH3 is 2. The van der Waals surface area contributed by atoms with E-state index in [1.54, 1.807) is 14.2 Å². The van der Waals surface area contributed by atoms with Crippen LogP contribution >= 0.6 is 11.6 Å². The summed E-state index contributed by atoms with van der Waals surface area (Å²) >= 11 is 6.14. The topological polar surface area (TPSA) is 47.6 Å². The predicted molar refractivity (Wildman–Crippen MR) is 105 cm³/mol. The number of rotatable bonds is 7. The summed E-state index contributed by atoms with van der Waals surface area (Å²) in [5.41, 5.74) is 4.15. The summed E-state index contributed by atoms with van der Waals surface area (Å²) in [5.74, 6) is 1.34. The van der Waals surface area contributed by atoms with Gasteiger partial charge in [0.25, 0.3) is 0 Å². The van der Waals surface area contributed by atoms with Gasteiger partial charge in [-0.15, -0.1) is 0 Å². The maximum atomic E-state index is 12.3. The number of halogens is 1. The zero-order valence-electron chi connectivity index (χ0n) is 16.0. The molecule has 0 aliphatic carbocycles. The molecule has 0 bridgehead atoms. The summed E-state index contributed by atoms with van der Waals surface area (Å²) in [7, 11) is 3.21. The molecule has 0 aliphatic rings. The molecule has 2 aromatic carbocycles. The van der Waals surface area contributed by atoms with Crippen molar-refractivity contribution in [3.05, 3.63) is 57.6 Å². The highest BCUT2D eigenvalue weighted by molar-refractivity contribution is 6.31. The number of hydrogen-bond donors (Lipinski definition) is 1. The molecule has 0 aliphatic heterocycles. The Hall–Kier alpha value is -2.20. The number of hydrogen-bond acceptors (Lipinski definition) is 3. The maximum Gasteiger partial charge on any atom is 0.220 e. The van der Waals surface area contributed by atoms with Gasteiger partial charge in [0.2, 0.25) is 5.91 Å². The highest BCUT2D eigenvalue weighted by Gasteiger charge is 2.16. The molecule has 0 fully saturated rings. The Kier molecular flexibility index (Phi) is 6.92. The summed E-state index contributed by atoms with van der Waals surface area (Å²) in [6.45, 7) is 5.93. The van der Waals surface area contributed by atoms with Crippen molar-refractivity contribution in [1.29, 1.82) is 0 Å². The van der Waals surface area contributed by atoms with Crippen molar-refractivity contribution >= 4 is 17.5 Å². The van der Waals surface area contributed by atoms with Gasteiger partial charge in [0.1, 0.15) is 0 Å². The van der Waals surface area contributed by atoms with E-state index in [2.05, 4.69) is 5.32 Å². The van der Waals surface area contributed by atoms with Gasteiger partial charge >= 0.3 is 0 Å². The van der Waals surface area contributed by atoms with Crippen molar-refractivity contribution in [2.45, 2.75) is 39.7 Å². The Morgan fingerprint density at radius 3 is 2.35 bits per heavy atom. The number of ether oxygens (including phenoxy) is 2. The van der Waals surface area contributed by atoms with Crippen molar-refractivity contribution in [3.63, 3.8) is 0 Å². The van der Waals surface area contributed by atoms with Crippen LogP contribution in [0.2, 0.25) is 5.02 Å². The summed E-state index contributed by atoms with van der Waals surface area (Å²) < 4.78 is 10.7. The average molecular weight is 376 g/mol. The molecular weight excluding hydrogens is 350 g/mol. The van der Waals surface area contributed by atoms with Gasteiger partial charge in [-0.05, 0) is 67.6 Å². The van der Waals surface area contributed by atoms with Gasteiger partial charge < -0.3 is 14.8 Å². The first kappa shape index (κ1) is 20.1. The Bertz CT molecular complexity index is 789. The molecule has 26 heavy (non-hydrogen) atoms. The highest BCUT2D eigenvalue weighted by Crippen LogP contribution is 2.32. The van der Waals surface area contributed by atoms with Gasteiger partial charge in [0.15, 0.2) is 11.5 Å². The molecule has 2 aromatic rings. The molecule has 5 heteroatoms. The third-order valence-corrected chi connectivity index (χ3v) is 4.90. The maximum absolute atomic E-state index is 12.3. The Labute approximate surface area is 160 Å². The van der Waals surface area contributed by atoms with Gasteiger partial charge in [0, 0.05) is 11.4 Å². The molecule has 0 saturated heterocycles. The SMILES string of the molecule is COc1cc(C)c(C(C)NC(=O)CCc2ccc(C)c(Cl)c2)cc1OC. The van der Waals surface area contributed by atoms with Crippen LogP contribution in [0.4, 0.5) is 0 Å². The van der Waals surface area contributed by atoms with E-state index in [1.165, 1.54) is 0 Å². The molecule has 0 radical (unpaired) electrons. The molecule has 4 nitrogen and oxygen atoms in total. The number of aryl methyl sites for hydroxylation is 3. The molecule has 140 valence electrons. The Balaban J connectivity index is 2.01. The molecule has 0 heterocycles. The molecule has 0 aromatic heterocycles. The van der Waals surface area contributed by atoms with Crippen molar-refractivity contribution < 1.29 is 14.3 Å². The Morgan fingerprint density at radius 1 is 1.08 bits per heavy atom. The monoisotopic (exact) mass is 375 g/mol. The quantitative estimate of drug-likeness (QED) is 0.757. The lowest BCUT2D eigenvalue weighted by Crippen LogP contribution is -2.27. The zero-order chi connectivity index (χ0) is 19.3. The van der Waals surface area contributed by atoms with E-state index in [4.69, 9.17) is 21.1 Å². The number of carbonyl (C=O) groups excluding carboxylic acids is 1. The van der Waals surface area contributed by atoms with Gasteiger partial charge in [-0.25, -0.2) is 0 Å². The minimum atomic E-state index is -0.121. The minimum absolute atomic E-state index is 0.00313. The summed E-state index contributed by atoms with van der Waals surface area (Å²) in [4.78, 5) is 12.3. The summed E-state index contributed by atoms with van der Waals surface area (Å²) in [5, 5.41) is 3.79. The standard InChI is InChI=1S/C21H26ClNO3/c1-13-6-7-16(11-18(13)22)8-9-21(24)23-15(3)17-12-20(26-5)19(25-4)10-14(17)2/h6-7,10-12,15H,8-9H2,1-5H3,(H,23,24). The van der Waals surface area contributed by atoms with E-state index in [-0.39, 0.29) is 11.9 Å². The van der Waals surface area contributed by atoms with Crippen LogP contribution in [-0.4, -0.2) is 20.1 Å². The molecule has 1 N–H and O–H groups in total. The van der Waals surface area contributed by atoms with Crippen LogP contribution in [0, 0.1) is 13.8 Å². The van der Waals surface area contributed by atoms with E-state index >= 15 is 0 Å². The van der Waals surface area contributed by atoms with Crippen molar-refractivity contribution in [2.24, 2.45) is 0 Å². The first-order valence-electron chi connectivity index (χ1n) is 8.62. The van der Waals surface area contributed by atoms with Crippen LogP contribution in [-0.2, 0) is 11.2 Å². The number of carbonyl (C=O) groups is 1. The molecule has 1 unspecified atom stereocenters. The van der Waals surface area contributed by atoms with Crippen molar-refractivity contribution in [3.8, 4) is 11.5 Å². The smallest absolute Gasteiger partial charge is 0.220 e. The van der Waals surface area contributed by atoms with Crippen LogP contribution in [0.1, 0.15) is 41.6 Å². The van der Waals surface area contributed by atoms with Crippen LogP contribution < -0.4 is 14.8 Å². The third kappa shape index (κ3) is 4.92. The Morgan fingerprint density at radius 2 is 1.73 bits per heavy atom. The predicted octanol–water partition coefficient (Wildman–Crippen LogP) is 4.78. The minimum Gasteiger partial charge on any atom is -0.493 e. The van der Waals surface area contributed by atoms with Crippen LogP contribution in [0.25, 0.3) is 0 Å². The first-order chi connectivity index (χ1) is 12.3. The molecule has 2 rings (SSSR count). The van der Waals surface area contributed by atoms with Crippen LogP contribution in [0.15, 0.2) is 30.3 Å². The lowest BCUT2D eigenvalue weighted by molar-refractivity contribution is -0.121. The van der Waals surface area contributed by atoms with E-state index in [1.807, 2.05) is 51.1 Å². The summed E-state index contributed by atoms with van der Waals surface area (Å²) in [6.07, 6.45) is 1.07. The highest BCUT2D eigenvalue weighted by atomic mass is 35.5. The van der Waals surface area contributed by atoms with Gasteiger partial charge in [0.05, 0.1) is 20.3 Å². The second-order valence-corrected chi connectivity index (χ2v) is 6.84. The second-order valence-electron chi connectivity index (χ2n) is 6.44. The zero-order valence-corrected chi connectivity index (χ0v) is 16.7. The lowest BCUT2D eigenvalue weighted by atomic mass is 10.0. The molecule has 1 atom stereocenters. The molecular formula is C21H26ClNO3. The van der Waals surface area contributed by atoms with Gasteiger partial charge in [-0.3, -0.25) is 4.79 Å². The van der Waals surface area contributed by atoms with E-state index in [0.717, 1.165) is 27.3 Å².